The minimum absolute atomic E-state index is 0.312. The maximum absolute atomic E-state index is 6.01. The molecule has 0 atom stereocenters. The molecule has 0 aromatic heterocycles. The normalized spacial score (nSPS) is 15.7. The molecular weight excluding hydrogens is 272 g/mol. The molecule has 0 spiro atoms. The first-order chi connectivity index (χ1) is 10.8. The van der Waals surface area contributed by atoms with Gasteiger partial charge in [0.1, 0.15) is 11.9 Å². The second-order valence-corrected chi connectivity index (χ2v) is 6.06. The second-order valence-electron chi connectivity index (χ2n) is 6.06. The van der Waals surface area contributed by atoms with Gasteiger partial charge < -0.3 is 9.47 Å². The summed E-state index contributed by atoms with van der Waals surface area (Å²) in [5, 5.41) is 0. The third kappa shape index (κ3) is 4.35. The first kappa shape index (κ1) is 15.1. The molecule has 2 aromatic rings. The summed E-state index contributed by atoms with van der Waals surface area (Å²) < 4.78 is 11.4. The SMILES string of the molecule is Cc1ccc(CCc2ccc(OC3CCOCC3)cc2)cc1. The molecule has 0 aliphatic carbocycles. The Morgan fingerprint density at radius 1 is 0.864 bits per heavy atom. The third-order valence-electron chi connectivity index (χ3n) is 4.22. The number of ether oxygens (including phenoxy) is 2. The molecule has 1 saturated heterocycles. The minimum atomic E-state index is 0.312. The summed E-state index contributed by atoms with van der Waals surface area (Å²) in [6.07, 6.45) is 4.46. The van der Waals surface area contributed by atoms with Crippen LogP contribution in [0.4, 0.5) is 0 Å². The average Bonchev–Trinajstić information content (AvgIpc) is 2.57. The maximum Gasteiger partial charge on any atom is 0.119 e. The predicted octanol–water partition coefficient (Wildman–Crippen LogP) is 4.34. The molecule has 0 radical (unpaired) electrons. The molecule has 116 valence electrons. The van der Waals surface area contributed by atoms with E-state index >= 15 is 0 Å². The van der Waals surface area contributed by atoms with E-state index in [0.717, 1.165) is 44.6 Å². The highest BCUT2D eigenvalue weighted by atomic mass is 16.5. The molecule has 2 nitrogen and oxygen atoms in total. The van der Waals surface area contributed by atoms with Crippen LogP contribution in [0.2, 0.25) is 0 Å². The van der Waals surface area contributed by atoms with E-state index in [1.54, 1.807) is 0 Å². The Bertz CT molecular complexity index is 566. The van der Waals surface area contributed by atoms with Crippen LogP contribution in [0.25, 0.3) is 0 Å². The van der Waals surface area contributed by atoms with Gasteiger partial charge in [0.15, 0.2) is 0 Å². The van der Waals surface area contributed by atoms with Crippen LogP contribution in [0.1, 0.15) is 29.5 Å². The Balaban J connectivity index is 1.51. The molecule has 1 aliphatic rings. The van der Waals surface area contributed by atoms with Crippen molar-refractivity contribution in [3.05, 3.63) is 65.2 Å². The largest absolute Gasteiger partial charge is 0.490 e. The molecule has 2 aromatic carbocycles. The molecule has 0 saturated carbocycles. The Kier molecular flexibility index (Phi) is 5.12. The van der Waals surface area contributed by atoms with E-state index in [0.29, 0.717) is 6.10 Å². The summed E-state index contributed by atoms with van der Waals surface area (Å²) in [5.41, 5.74) is 4.08. The number of aryl methyl sites for hydroxylation is 3. The highest BCUT2D eigenvalue weighted by Gasteiger charge is 2.14. The fourth-order valence-electron chi connectivity index (χ4n) is 2.76. The summed E-state index contributed by atoms with van der Waals surface area (Å²) in [6.45, 7) is 3.76. The molecule has 0 bridgehead atoms. The van der Waals surface area contributed by atoms with Crippen molar-refractivity contribution in [3.63, 3.8) is 0 Å². The molecule has 22 heavy (non-hydrogen) atoms. The molecule has 0 amide bonds. The summed E-state index contributed by atoms with van der Waals surface area (Å²) in [4.78, 5) is 0. The van der Waals surface area contributed by atoms with Gasteiger partial charge in [-0.05, 0) is 43.0 Å². The highest BCUT2D eigenvalue weighted by molar-refractivity contribution is 5.29. The van der Waals surface area contributed by atoms with E-state index in [2.05, 4.69) is 55.5 Å². The van der Waals surface area contributed by atoms with Gasteiger partial charge in [-0.2, -0.15) is 0 Å². The van der Waals surface area contributed by atoms with Gasteiger partial charge in [0.05, 0.1) is 13.2 Å². The lowest BCUT2D eigenvalue weighted by Crippen LogP contribution is -2.25. The van der Waals surface area contributed by atoms with Crippen LogP contribution in [-0.2, 0) is 17.6 Å². The monoisotopic (exact) mass is 296 g/mol. The lowest BCUT2D eigenvalue weighted by molar-refractivity contribution is 0.0255. The van der Waals surface area contributed by atoms with Gasteiger partial charge in [0.25, 0.3) is 0 Å². The van der Waals surface area contributed by atoms with Crippen molar-refractivity contribution in [3.8, 4) is 5.75 Å². The van der Waals surface area contributed by atoms with E-state index in [-0.39, 0.29) is 0 Å². The lowest BCUT2D eigenvalue weighted by atomic mass is 10.0. The maximum atomic E-state index is 6.01. The first-order valence-corrected chi connectivity index (χ1v) is 8.18. The molecule has 1 aliphatic heterocycles. The summed E-state index contributed by atoms with van der Waals surface area (Å²) >= 11 is 0. The molecule has 1 heterocycles. The van der Waals surface area contributed by atoms with E-state index in [1.807, 2.05) is 0 Å². The topological polar surface area (TPSA) is 18.5 Å². The summed E-state index contributed by atoms with van der Waals surface area (Å²) in [5.74, 6) is 0.978. The zero-order valence-electron chi connectivity index (χ0n) is 13.3. The summed E-state index contributed by atoms with van der Waals surface area (Å²) in [6, 6.07) is 17.4. The summed E-state index contributed by atoms with van der Waals surface area (Å²) in [7, 11) is 0. The van der Waals surface area contributed by atoms with Crippen LogP contribution in [-0.4, -0.2) is 19.3 Å². The smallest absolute Gasteiger partial charge is 0.119 e. The number of benzene rings is 2. The van der Waals surface area contributed by atoms with E-state index < -0.39 is 0 Å². The van der Waals surface area contributed by atoms with Crippen molar-refractivity contribution >= 4 is 0 Å². The van der Waals surface area contributed by atoms with Crippen molar-refractivity contribution in [1.29, 1.82) is 0 Å². The van der Waals surface area contributed by atoms with Gasteiger partial charge in [-0.15, -0.1) is 0 Å². The van der Waals surface area contributed by atoms with Gasteiger partial charge in [0, 0.05) is 12.8 Å². The zero-order valence-corrected chi connectivity index (χ0v) is 13.3. The van der Waals surface area contributed by atoms with E-state index in [4.69, 9.17) is 9.47 Å². The van der Waals surface area contributed by atoms with Crippen molar-refractivity contribution in [2.75, 3.05) is 13.2 Å². The van der Waals surface area contributed by atoms with E-state index in [1.165, 1.54) is 16.7 Å². The van der Waals surface area contributed by atoms with Crippen molar-refractivity contribution in [2.24, 2.45) is 0 Å². The molecule has 1 fully saturated rings. The number of hydrogen-bond acceptors (Lipinski definition) is 2. The van der Waals surface area contributed by atoms with Gasteiger partial charge in [-0.3, -0.25) is 0 Å². The van der Waals surface area contributed by atoms with Crippen LogP contribution >= 0.6 is 0 Å². The predicted molar refractivity (Wildman–Crippen MR) is 89.5 cm³/mol. The second kappa shape index (κ2) is 7.46. The van der Waals surface area contributed by atoms with Crippen LogP contribution in [0.3, 0.4) is 0 Å². The van der Waals surface area contributed by atoms with Crippen LogP contribution < -0.4 is 4.74 Å². The molecule has 0 unspecified atom stereocenters. The van der Waals surface area contributed by atoms with Gasteiger partial charge in [-0.1, -0.05) is 42.0 Å². The van der Waals surface area contributed by atoms with Gasteiger partial charge in [-0.25, -0.2) is 0 Å². The van der Waals surface area contributed by atoms with E-state index in [9.17, 15) is 0 Å². The standard InChI is InChI=1S/C20H24O2/c1-16-2-4-17(5-3-16)6-7-18-8-10-19(11-9-18)22-20-12-14-21-15-13-20/h2-5,8-11,20H,6-7,12-15H2,1H3. The quantitative estimate of drug-likeness (QED) is 0.817. The highest BCUT2D eigenvalue weighted by Crippen LogP contribution is 2.19. The Morgan fingerprint density at radius 2 is 1.41 bits per heavy atom. The average molecular weight is 296 g/mol. The number of rotatable bonds is 5. The molecule has 0 N–H and O–H groups in total. The third-order valence-corrected chi connectivity index (χ3v) is 4.22. The molecular formula is C20H24O2. The van der Waals surface area contributed by atoms with Crippen LogP contribution in [0, 0.1) is 6.92 Å². The molecule has 2 heteroatoms. The van der Waals surface area contributed by atoms with Crippen LogP contribution in [0.5, 0.6) is 5.75 Å². The van der Waals surface area contributed by atoms with Gasteiger partial charge >= 0.3 is 0 Å². The van der Waals surface area contributed by atoms with Crippen molar-refractivity contribution in [2.45, 2.75) is 38.7 Å². The Hall–Kier alpha value is -1.80. The fraction of sp³-hybridized carbons (Fsp3) is 0.400. The van der Waals surface area contributed by atoms with Crippen molar-refractivity contribution < 1.29 is 9.47 Å². The van der Waals surface area contributed by atoms with Crippen LogP contribution in [0.15, 0.2) is 48.5 Å². The molecule has 3 rings (SSSR count). The lowest BCUT2D eigenvalue weighted by Gasteiger charge is -2.23. The van der Waals surface area contributed by atoms with Crippen molar-refractivity contribution in [1.82, 2.24) is 0 Å². The fourth-order valence-corrected chi connectivity index (χ4v) is 2.76. The van der Waals surface area contributed by atoms with Gasteiger partial charge in [0.2, 0.25) is 0 Å². The zero-order chi connectivity index (χ0) is 15.2. The minimum Gasteiger partial charge on any atom is -0.490 e. The number of hydrogen-bond donors (Lipinski definition) is 0. The Morgan fingerprint density at radius 3 is 2.00 bits per heavy atom. The first-order valence-electron chi connectivity index (χ1n) is 8.18. The Labute approximate surface area is 133 Å².